The standard InChI is InChI=1S/C41H44F2N8O3/c1-4-31-33(43)9-8-26-14-30(52)15-35(38(26)31)48-12-10-32-34(22-48)46-40(54-24-41(3)16-28(42)20-50(41)19-25-7-6-11-45-18-25)47-39(32)49-21-29-13-27(17-44)36(23-49)51(29)37(53)5-2/h1,5-9,11,18,27-30,35-36,52H,2,10,12-16,19-24H2,3H3/t27?,28-,29-,30+,35-,36-,41+/m1/s1. The molecule has 3 saturated heterocycles. The van der Waals surface area contributed by atoms with E-state index in [-0.39, 0.29) is 61.1 Å². The number of ether oxygens (including phenoxy) is 1. The topological polar surface area (TPSA) is 122 Å². The predicted molar refractivity (Wildman–Crippen MR) is 196 cm³/mol. The molecule has 54 heavy (non-hydrogen) atoms. The number of hydrogen-bond donors (Lipinski definition) is 1. The summed E-state index contributed by atoms with van der Waals surface area (Å²) >= 11 is 0. The summed E-state index contributed by atoms with van der Waals surface area (Å²) in [6, 6.07) is 8.66. The van der Waals surface area contributed by atoms with Crippen molar-refractivity contribution in [1.29, 1.82) is 5.26 Å². The minimum absolute atomic E-state index is 0.145. The fourth-order valence-electron chi connectivity index (χ4n) is 9.58. The van der Waals surface area contributed by atoms with E-state index in [9.17, 15) is 15.2 Å². The zero-order chi connectivity index (χ0) is 37.7. The Kier molecular flexibility index (Phi) is 9.59. The summed E-state index contributed by atoms with van der Waals surface area (Å²) < 4.78 is 36.6. The molecule has 7 atom stereocenters. The molecule has 13 heteroatoms. The van der Waals surface area contributed by atoms with E-state index < -0.39 is 23.6 Å². The minimum atomic E-state index is -1.02. The van der Waals surface area contributed by atoms with Crippen molar-refractivity contribution < 1.29 is 23.4 Å². The maximum absolute atomic E-state index is 15.1. The third kappa shape index (κ3) is 6.48. The zero-order valence-corrected chi connectivity index (χ0v) is 30.4. The molecule has 5 aliphatic rings. The molecule has 0 spiro atoms. The van der Waals surface area contributed by atoms with E-state index in [0.717, 1.165) is 27.9 Å². The monoisotopic (exact) mass is 734 g/mol. The Hall–Kier alpha value is -4.95. The highest BCUT2D eigenvalue weighted by molar-refractivity contribution is 5.88. The fourth-order valence-corrected chi connectivity index (χ4v) is 9.58. The second kappa shape index (κ2) is 14.4. The largest absolute Gasteiger partial charge is 0.461 e. The lowest BCUT2D eigenvalue weighted by Crippen LogP contribution is -2.57. The Bertz CT molecular complexity index is 2040. The van der Waals surface area contributed by atoms with Crippen LogP contribution in [0, 0.1) is 35.4 Å². The van der Waals surface area contributed by atoms with Crippen molar-refractivity contribution in [3.8, 4) is 24.4 Å². The number of hydrogen-bond acceptors (Lipinski definition) is 10. The predicted octanol–water partition coefficient (Wildman–Crippen LogP) is 3.90. The number of alkyl halides is 1. The van der Waals surface area contributed by atoms with E-state index >= 15 is 8.78 Å². The summed E-state index contributed by atoms with van der Waals surface area (Å²) in [7, 11) is 0. The Balaban J connectivity index is 1.13. The lowest BCUT2D eigenvalue weighted by molar-refractivity contribution is -0.129. The van der Waals surface area contributed by atoms with Crippen molar-refractivity contribution in [3.05, 3.63) is 88.6 Å². The number of nitrogens with zero attached hydrogens (tertiary/aromatic N) is 8. The Morgan fingerprint density at radius 1 is 1.24 bits per heavy atom. The SMILES string of the molecule is C#Cc1c(F)ccc2c1[C@H](N1CCc3c(nc(OC[C@]4(C)C[C@@H](F)CN4Cc4cccnc4)nc3N3C[C@H]4CC(C#N)[C@@H](C3)N4C(=O)C=C)C1)C[C@@H](O)C2. The molecule has 11 nitrogen and oxygen atoms in total. The Morgan fingerprint density at radius 2 is 2.09 bits per heavy atom. The maximum Gasteiger partial charge on any atom is 0.318 e. The molecule has 2 aromatic heterocycles. The van der Waals surface area contributed by atoms with Gasteiger partial charge in [0.15, 0.2) is 0 Å². The molecule has 6 heterocycles. The first kappa shape index (κ1) is 36.0. The molecular weight excluding hydrogens is 690 g/mol. The first-order valence-corrected chi connectivity index (χ1v) is 18.7. The van der Waals surface area contributed by atoms with E-state index in [1.807, 2.05) is 19.1 Å². The number of pyridine rings is 1. The first-order valence-electron chi connectivity index (χ1n) is 18.7. The molecule has 1 unspecified atom stereocenters. The summed E-state index contributed by atoms with van der Waals surface area (Å²) in [5.41, 5.74) is 3.82. The van der Waals surface area contributed by atoms with Crippen LogP contribution >= 0.6 is 0 Å². The fraction of sp³-hybridized carbons (Fsp3) is 0.488. The van der Waals surface area contributed by atoms with Gasteiger partial charge in [-0.15, -0.1) is 6.42 Å². The third-order valence-corrected chi connectivity index (χ3v) is 12.1. The first-order chi connectivity index (χ1) is 26.1. The Morgan fingerprint density at radius 3 is 2.85 bits per heavy atom. The third-order valence-electron chi connectivity index (χ3n) is 12.1. The molecular formula is C41H44F2N8O3. The van der Waals surface area contributed by atoms with Gasteiger partial charge in [0.2, 0.25) is 5.91 Å². The van der Waals surface area contributed by atoms with Gasteiger partial charge in [0.1, 0.15) is 24.4 Å². The number of anilines is 1. The number of rotatable bonds is 8. The van der Waals surface area contributed by atoms with Gasteiger partial charge >= 0.3 is 6.01 Å². The van der Waals surface area contributed by atoms with Crippen LogP contribution in [0.4, 0.5) is 14.6 Å². The lowest BCUT2D eigenvalue weighted by atomic mass is 9.81. The van der Waals surface area contributed by atoms with Gasteiger partial charge in [0, 0.05) is 69.7 Å². The molecule has 0 radical (unpaired) electrons. The normalized spacial score (nSPS) is 29.2. The van der Waals surface area contributed by atoms with E-state index in [0.29, 0.717) is 64.2 Å². The van der Waals surface area contributed by atoms with Crippen LogP contribution < -0.4 is 9.64 Å². The van der Waals surface area contributed by atoms with E-state index in [2.05, 4.69) is 38.3 Å². The summed E-state index contributed by atoms with van der Waals surface area (Å²) in [6.07, 6.45) is 11.2. The number of aromatic nitrogens is 3. The number of piperazine rings is 1. The number of fused-ring (bicyclic) bond motifs is 4. The van der Waals surface area contributed by atoms with E-state index in [1.165, 1.54) is 12.1 Å². The van der Waals surface area contributed by atoms with Gasteiger partial charge in [-0.3, -0.25) is 19.6 Å². The van der Waals surface area contributed by atoms with Crippen LogP contribution in [-0.2, 0) is 30.7 Å². The number of benzene rings is 1. The van der Waals surface area contributed by atoms with Crippen molar-refractivity contribution in [2.24, 2.45) is 5.92 Å². The van der Waals surface area contributed by atoms with E-state index in [4.69, 9.17) is 21.1 Å². The van der Waals surface area contributed by atoms with Gasteiger partial charge in [0.25, 0.3) is 0 Å². The average Bonchev–Trinajstić information content (AvgIpc) is 3.59. The molecule has 280 valence electrons. The molecule has 1 aromatic carbocycles. The molecule has 1 amide bonds. The van der Waals surface area contributed by atoms with Crippen molar-refractivity contribution in [3.63, 3.8) is 0 Å². The van der Waals surface area contributed by atoms with Gasteiger partial charge in [-0.2, -0.15) is 15.2 Å². The van der Waals surface area contributed by atoms with Crippen molar-refractivity contribution >= 4 is 11.7 Å². The quantitative estimate of drug-likeness (QED) is 0.270. The maximum atomic E-state index is 15.1. The number of aliphatic hydroxyl groups excluding tert-OH is 1. The number of terminal acetylenes is 1. The van der Waals surface area contributed by atoms with Gasteiger partial charge in [-0.25, -0.2) is 8.78 Å². The number of halogens is 2. The molecule has 4 aliphatic heterocycles. The van der Waals surface area contributed by atoms with Crippen molar-refractivity contribution in [2.45, 2.75) is 88.1 Å². The van der Waals surface area contributed by atoms with Crippen LogP contribution in [-0.4, -0.2) is 103 Å². The number of aliphatic hydroxyl groups is 1. The van der Waals surface area contributed by atoms with Gasteiger partial charge in [0.05, 0.1) is 47.0 Å². The minimum Gasteiger partial charge on any atom is -0.461 e. The van der Waals surface area contributed by atoms with Crippen molar-refractivity contribution in [1.82, 2.24) is 29.7 Å². The second-order valence-corrected chi connectivity index (χ2v) is 15.6. The average molecular weight is 735 g/mol. The van der Waals surface area contributed by atoms with Crippen LogP contribution in [0.1, 0.15) is 65.7 Å². The second-order valence-electron chi connectivity index (χ2n) is 15.6. The van der Waals surface area contributed by atoms with E-state index in [1.54, 1.807) is 23.4 Å². The summed E-state index contributed by atoms with van der Waals surface area (Å²) in [5.74, 6) is 2.30. The zero-order valence-electron chi connectivity index (χ0n) is 30.4. The highest BCUT2D eigenvalue weighted by atomic mass is 19.1. The number of carbonyl (C=O) groups is 1. The van der Waals surface area contributed by atoms with Gasteiger partial charge in [-0.05, 0) is 67.5 Å². The van der Waals surface area contributed by atoms with Crippen LogP contribution in [0.5, 0.6) is 6.01 Å². The number of nitriles is 1. The molecule has 2 bridgehead atoms. The molecule has 1 aliphatic carbocycles. The van der Waals surface area contributed by atoms with Crippen LogP contribution in [0.15, 0.2) is 49.3 Å². The Labute approximate surface area is 314 Å². The van der Waals surface area contributed by atoms with Crippen LogP contribution in [0.25, 0.3) is 0 Å². The summed E-state index contributed by atoms with van der Waals surface area (Å²) in [6.45, 7) is 8.47. The number of carbonyl (C=O) groups excluding carboxylic acids is 1. The summed E-state index contributed by atoms with van der Waals surface area (Å²) in [4.78, 5) is 35.4. The highest BCUT2D eigenvalue weighted by Gasteiger charge is 2.49. The smallest absolute Gasteiger partial charge is 0.318 e. The number of amides is 1. The summed E-state index contributed by atoms with van der Waals surface area (Å²) in [5, 5.41) is 21.0. The number of likely N-dealkylation sites (tertiary alicyclic amines) is 1. The van der Waals surface area contributed by atoms with Gasteiger partial charge in [-0.1, -0.05) is 24.6 Å². The molecule has 8 rings (SSSR count). The molecule has 1 N–H and O–H groups in total. The molecule has 3 fully saturated rings. The van der Waals surface area contributed by atoms with Crippen LogP contribution in [0.2, 0.25) is 0 Å². The molecule has 3 aromatic rings. The van der Waals surface area contributed by atoms with Crippen molar-refractivity contribution in [2.75, 3.05) is 37.7 Å². The lowest BCUT2D eigenvalue weighted by Gasteiger charge is -2.43. The highest BCUT2D eigenvalue weighted by Crippen LogP contribution is 2.43. The van der Waals surface area contributed by atoms with Gasteiger partial charge < -0.3 is 19.6 Å². The molecule has 0 saturated carbocycles. The van der Waals surface area contributed by atoms with Crippen LogP contribution in [0.3, 0.4) is 0 Å².